The zero-order valence-electron chi connectivity index (χ0n) is 17.9. The SMILES string of the molecule is CC(C)N1CCC1.Cc1ccc(-c2ncon2)cc1NC(=O)c1cnc2ccccn12. The van der Waals surface area contributed by atoms with Gasteiger partial charge in [-0.25, -0.2) is 4.98 Å². The lowest BCUT2D eigenvalue weighted by molar-refractivity contribution is 0.102. The number of aryl methyl sites for hydroxylation is 1. The van der Waals surface area contributed by atoms with Gasteiger partial charge in [-0.3, -0.25) is 9.20 Å². The van der Waals surface area contributed by atoms with E-state index in [1.807, 2.05) is 43.3 Å². The molecule has 4 aromatic rings. The molecule has 1 fully saturated rings. The number of nitrogens with zero attached hydrogens (tertiary/aromatic N) is 5. The van der Waals surface area contributed by atoms with E-state index in [9.17, 15) is 4.79 Å². The Morgan fingerprint density at radius 3 is 2.65 bits per heavy atom. The van der Waals surface area contributed by atoms with Crippen LogP contribution in [0.4, 0.5) is 5.69 Å². The van der Waals surface area contributed by atoms with E-state index < -0.39 is 0 Å². The standard InChI is InChI=1S/C17H13N5O2.C6H13N/c1-11-5-6-12(16-19-10-24-21-16)8-13(11)20-17(23)14-9-18-15-4-2-3-7-22(14)15;1-6(2)7-4-3-5-7/h2-10H,1H3,(H,20,23);6H,3-5H2,1-2H3. The van der Waals surface area contributed by atoms with E-state index in [2.05, 4.69) is 39.2 Å². The van der Waals surface area contributed by atoms with Crippen molar-refractivity contribution in [1.29, 1.82) is 0 Å². The Morgan fingerprint density at radius 1 is 1.16 bits per heavy atom. The minimum absolute atomic E-state index is 0.234. The van der Waals surface area contributed by atoms with Crippen molar-refractivity contribution in [2.24, 2.45) is 0 Å². The fourth-order valence-electron chi connectivity index (χ4n) is 3.34. The van der Waals surface area contributed by atoms with Gasteiger partial charge in [-0.15, -0.1) is 0 Å². The highest BCUT2D eigenvalue weighted by molar-refractivity contribution is 6.04. The van der Waals surface area contributed by atoms with Crippen molar-refractivity contribution in [3.63, 3.8) is 0 Å². The number of carbonyl (C=O) groups excluding carboxylic acids is 1. The minimum atomic E-state index is -0.234. The zero-order valence-corrected chi connectivity index (χ0v) is 17.9. The molecular formula is C23H26N6O2. The Morgan fingerprint density at radius 2 is 2.00 bits per heavy atom. The average Bonchev–Trinajstić information content (AvgIpc) is 3.38. The van der Waals surface area contributed by atoms with Crippen molar-refractivity contribution in [1.82, 2.24) is 24.4 Å². The number of imidazole rings is 1. The Kier molecular flexibility index (Phi) is 6.08. The van der Waals surface area contributed by atoms with Gasteiger partial charge >= 0.3 is 0 Å². The number of nitrogens with one attached hydrogen (secondary N) is 1. The van der Waals surface area contributed by atoms with E-state index in [4.69, 9.17) is 4.52 Å². The van der Waals surface area contributed by atoms with Gasteiger partial charge in [-0.1, -0.05) is 23.4 Å². The van der Waals surface area contributed by atoms with Crippen molar-refractivity contribution in [3.05, 3.63) is 66.4 Å². The highest BCUT2D eigenvalue weighted by atomic mass is 16.5. The summed E-state index contributed by atoms with van der Waals surface area (Å²) in [5, 5.41) is 6.74. The Hall–Kier alpha value is -3.52. The topological polar surface area (TPSA) is 88.6 Å². The van der Waals surface area contributed by atoms with Crippen LogP contribution in [0, 0.1) is 6.92 Å². The zero-order chi connectivity index (χ0) is 21.8. The third kappa shape index (κ3) is 4.64. The first-order valence-electron chi connectivity index (χ1n) is 10.4. The van der Waals surface area contributed by atoms with Gasteiger partial charge in [0.2, 0.25) is 12.2 Å². The van der Waals surface area contributed by atoms with Gasteiger partial charge in [-0.05, 0) is 64.0 Å². The lowest BCUT2D eigenvalue weighted by Gasteiger charge is -2.34. The number of pyridine rings is 1. The highest BCUT2D eigenvalue weighted by Crippen LogP contribution is 2.23. The van der Waals surface area contributed by atoms with E-state index in [0.717, 1.165) is 22.8 Å². The van der Waals surface area contributed by atoms with Crippen molar-refractivity contribution in [2.45, 2.75) is 33.2 Å². The molecule has 0 spiro atoms. The highest BCUT2D eigenvalue weighted by Gasteiger charge is 2.16. The summed E-state index contributed by atoms with van der Waals surface area (Å²) in [6.07, 6.45) is 6.05. The van der Waals surface area contributed by atoms with Crippen LogP contribution < -0.4 is 5.32 Å². The molecule has 0 bridgehead atoms. The van der Waals surface area contributed by atoms with Crippen molar-refractivity contribution >= 4 is 17.2 Å². The summed E-state index contributed by atoms with van der Waals surface area (Å²) in [7, 11) is 0. The van der Waals surface area contributed by atoms with Crippen LogP contribution in [0.15, 0.2) is 59.7 Å². The number of carbonyl (C=O) groups is 1. The second-order valence-corrected chi connectivity index (χ2v) is 7.79. The predicted molar refractivity (Wildman–Crippen MR) is 119 cm³/mol. The largest absolute Gasteiger partial charge is 0.342 e. The molecule has 8 nitrogen and oxygen atoms in total. The number of benzene rings is 1. The van der Waals surface area contributed by atoms with Gasteiger partial charge < -0.3 is 14.7 Å². The first-order chi connectivity index (χ1) is 15.0. The Bertz CT molecular complexity index is 1160. The molecule has 0 aliphatic carbocycles. The number of likely N-dealkylation sites (tertiary alicyclic amines) is 1. The molecule has 0 unspecified atom stereocenters. The van der Waals surface area contributed by atoms with Crippen molar-refractivity contribution in [2.75, 3.05) is 18.4 Å². The molecular weight excluding hydrogens is 392 g/mol. The fraction of sp³-hybridized carbons (Fsp3) is 0.304. The molecule has 8 heteroatoms. The van der Waals surface area contributed by atoms with Crippen LogP contribution in [0.3, 0.4) is 0 Å². The Balaban J connectivity index is 0.000000282. The number of amides is 1. The van der Waals surface area contributed by atoms with Crippen LogP contribution in [0.2, 0.25) is 0 Å². The number of hydrogen-bond donors (Lipinski definition) is 1. The van der Waals surface area contributed by atoms with Gasteiger partial charge in [0.15, 0.2) is 0 Å². The molecule has 1 aromatic carbocycles. The first kappa shape index (κ1) is 20.7. The number of hydrogen-bond acceptors (Lipinski definition) is 6. The maximum Gasteiger partial charge on any atom is 0.274 e. The summed E-state index contributed by atoms with van der Waals surface area (Å²) < 4.78 is 6.51. The fourth-order valence-corrected chi connectivity index (χ4v) is 3.34. The monoisotopic (exact) mass is 418 g/mol. The van der Waals surface area contributed by atoms with E-state index in [0.29, 0.717) is 17.2 Å². The maximum absolute atomic E-state index is 12.6. The molecule has 1 aliphatic heterocycles. The summed E-state index contributed by atoms with van der Waals surface area (Å²) >= 11 is 0. The molecule has 4 heterocycles. The van der Waals surface area contributed by atoms with E-state index in [1.165, 1.54) is 25.9 Å². The van der Waals surface area contributed by atoms with Crippen LogP contribution in [-0.4, -0.2) is 49.5 Å². The summed E-state index contributed by atoms with van der Waals surface area (Å²) in [6.45, 7) is 9.08. The molecule has 1 N–H and O–H groups in total. The number of aromatic nitrogens is 4. The van der Waals surface area contributed by atoms with E-state index in [-0.39, 0.29) is 5.91 Å². The lowest BCUT2D eigenvalue weighted by atomic mass is 10.1. The third-order valence-corrected chi connectivity index (χ3v) is 5.38. The lowest BCUT2D eigenvalue weighted by Crippen LogP contribution is -2.41. The number of anilines is 1. The normalized spacial score (nSPS) is 13.5. The molecule has 31 heavy (non-hydrogen) atoms. The molecule has 0 radical (unpaired) electrons. The van der Waals surface area contributed by atoms with Crippen LogP contribution in [0.5, 0.6) is 0 Å². The summed E-state index contributed by atoms with van der Waals surface area (Å²) in [5.74, 6) is 0.238. The molecule has 160 valence electrons. The second-order valence-electron chi connectivity index (χ2n) is 7.79. The van der Waals surface area contributed by atoms with Crippen molar-refractivity contribution < 1.29 is 9.32 Å². The van der Waals surface area contributed by atoms with Gasteiger partial charge in [0, 0.05) is 23.5 Å². The molecule has 1 saturated heterocycles. The van der Waals surface area contributed by atoms with E-state index >= 15 is 0 Å². The molecule has 0 saturated carbocycles. The molecule has 0 atom stereocenters. The van der Waals surface area contributed by atoms with Gasteiger partial charge in [0.1, 0.15) is 11.3 Å². The Labute approximate surface area is 180 Å². The summed E-state index contributed by atoms with van der Waals surface area (Å²) in [4.78, 5) is 23.3. The molecule has 1 aliphatic rings. The van der Waals surface area contributed by atoms with Gasteiger partial charge in [-0.2, -0.15) is 4.98 Å². The number of rotatable bonds is 4. The maximum atomic E-state index is 12.6. The predicted octanol–water partition coefficient (Wildman–Crippen LogP) is 4.05. The molecule has 3 aromatic heterocycles. The quantitative estimate of drug-likeness (QED) is 0.538. The second kappa shape index (κ2) is 9.09. The minimum Gasteiger partial charge on any atom is -0.342 e. The first-order valence-corrected chi connectivity index (χ1v) is 10.4. The molecule has 1 amide bonds. The van der Waals surface area contributed by atoms with Crippen LogP contribution in [0.25, 0.3) is 17.0 Å². The van der Waals surface area contributed by atoms with Gasteiger partial charge in [0.05, 0.1) is 6.20 Å². The number of fused-ring (bicyclic) bond motifs is 1. The van der Waals surface area contributed by atoms with Crippen LogP contribution in [-0.2, 0) is 0 Å². The van der Waals surface area contributed by atoms with E-state index in [1.54, 1.807) is 16.8 Å². The average molecular weight is 419 g/mol. The van der Waals surface area contributed by atoms with Crippen molar-refractivity contribution in [3.8, 4) is 11.4 Å². The van der Waals surface area contributed by atoms with Crippen LogP contribution >= 0.6 is 0 Å². The summed E-state index contributed by atoms with van der Waals surface area (Å²) in [5.41, 5.74) is 3.58. The summed E-state index contributed by atoms with van der Waals surface area (Å²) in [6, 6.07) is 12.0. The third-order valence-electron chi connectivity index (χ3n) is 5.38. The van der Waals surface area contributed by atoms with Crippen LogP contribution in [0.1, 0.15) is 36.3 Å². The van der Waals surface area contributed by atoms with Gasteiger partial charge in [0.25, 0.3) is 5.91 Å². The molecule has 5 rings (SSSR count). The smallest absolute Gasteiger partial charge is 0.274 e.